The number of nitrogens with zero attached hydrogens (tertiary/aromatic N) is 1. The molecular formula is C39H47NSiTi. The van der Waals surface area contributed by atoms with E-state index in [0.717, 1.165) is 11.1 Å². The number of hydrogen-bond donors (Lipinski definition) is 0. The molecule has 4 unspecified atom stereocenters. The van der Waals surface area contributed by atoms with Crippen LogP contribution in [0.1, 0.15) is 30.5 Å². The molecule has 0 heterocycles. The maximum Gasteiger partial charge on any atom is 4.00 e. The summed E-state index contributed by atoms with van der Waals surface area (Å²) in [5.74, 6) is 2.52. The van der Waals surface area contributed by atoms with E-state index in [1.54, 1.807) is 0 Å². The van der Waals surface area contributed by atoms with Crippen molar-refractivity contribution in [3.63, 3.8) is 0 Å². The Balaban J connectivity index is 0.000000317. The molecule has 0 aromatic heterocycles. The molecule has 3 aromatic rings. The second-order valence-corrected chi connectivity index (χ2v) is 16.2. The fourth-order valence-electron chi connectivity index (χ4n) is 6.63. The molecule has 0 spiro atoms. The van der Waals surface area contributed by atoms with Crippen LogP contribution in [-0.2, 0) is 27.3 Å². The third-order valence-corrected chi connectivity index (χ3v) is 11.8. The second kappa shape index (κ2) is 16.2. The van der Waals surface area contributed by atoms with E-state index < -0.39 is 8.24 Å². The summed E-state index contributed by atoms with van der Waals surface area (Å²) in [6, 6.07) is 30.5. The monoisotopic (exact) mass is 605 g/mol. The fourth-order valence-corrected chi connectivity index (χ4v) is 10.9. The molecule has 0 aliphatic heterocycles. The Morgan fingerprint density at radius 3 is 1.24 bits per heavy atom. The first-order chi connectivity index (χ1) is 19.2. The van der Waals surface area contributed by atoms with E-state index >= 15 is 0 Å². The number of allylic oxidation sites excluding steroid dienone is 8. The molecule has 1 nitrogen and oxygen atoms in total. The molecule has 6 rings (SSSR count). The van der Waals surface area contributed by atoms with Crippen LogP contribution in [0.2, 0.25) is 18.6 Å². The van der Waals surface area contributed by atoms with Crippen molar-refractivity contribution in [3.8, 4) is 0 Å². The second-order valence-electron chi connectivity index (χ2n) is 12.0. The first-order valence-electron chi connectivity index (χ1n) is 14.4. The third-order valence-electron chi connectivity index (χ3n) is 8.27. The largest absolute Gasteiger partial charge is 4.00 e. The zero-order valence-corrected chi connectivity index (χ0v) is 28.6. The van der Waals surface area contributed by atoms with Gasteiger partial charge in [0, 0.05) is 0 Å². The van der Waals surface area contributed by atoms with Crippen molar-refractivity contribution in [3.05, 3.63) is 183 Å². The molecule has 0 radical (unpaired) electrons. The van der Waals surface area contributed by atoms with E-state index in [2.05, 4.69) is 120 Å². The molecule has 3 aliphatic rings. The van der Waals surface area contributed by atoms with Gasteiger partial charge in [0.25, 0.3) is 0 Å². The average Bonchev–Trinajstić information content (AvgIpc) is 3.30. The van der Waals surface area contributed by atoms with Crippen LogP contribution in [0.5, 0.6) is 0 Å². The van der Waals surface area contributed by atoms with Crippen LogP contribution < -0.4 is 0 Å². The Morgan fingerprint density at radius 1 is 0.571 bits per heavy atom. The number of hydrogen-bond acceptors (Lipinski definition) is 0. The minimum Gasteiger partial charge on any atom is -0.656 e. The Bertz CT molecular complexity index is 1240. The van der Waals surface area contributed by atoms with Gasteiger partial charge in [-0.1, -0.05) is 137 Å². The van der Waals surface area contributed by atoms with Gasteiger partial charge in [0.2, 0.25) is 0 Å². The maximum absolute atomic E-state index is 5.60. The summed E-state index contributed by atoms with van der Waals surface area (Å²) < 4.78 is 0. The molecule has 3 aliphatic carbocycles. The topological polar surface area (TPSA) is 14.1 Å². The van der Waals surface area contributed by atoms with Gasteiger partial charge in [0.05, 0.1) is 0 Å². The molecule has 0 bridgehead atoms. The summed E-state index contributed by atoms with van der Waals surface area (Å²) in [6.45, 7) is 17.0. The zero-order chi connectivity index (χ0) is 28.6. The predicted molar refractivity (Wildman–Crippen MR) is 183 cm³/mol. The van der Waals surface area contributed by atoms with Crippen molar-refractivity contribution in [1.82, 2.24) is 0 Å². The average molecular weight is 606 g/mol. The van der Waals surface area contributed by atoms with Crippen LogP contribution in [0.4, 0.5) is 0 Å². The van der Waals surface area contributed by atoms with Gasteiger partial charge in [-0.05, 0) is 23.7 Å². The Hall–Kier alpha value is -2.75. The van der Waals surface area contributed by atoms with E-state index in [1.165, 1.54) is 5.56 Å². The van der Waals surface area contributed by atoms with Crippen molar-refractivity contribution in [2.24, 2.45) is 23.7 Å². The van der Waals surface area contributed by atoms with Crippen molar-refractivity contribution in [2.75, 3.05) is 0 Å². The van der Waals surface area contributed by atoms with E-state index in [4.69, 9.17) is 4.98 Å². The molecule has 3 heteroatoms. The molecular weight excluding hydrogens is 558 g/mol. The quantitative estimate of drug-likeness (QED) is 0.208. The van der Waals surface area contributed by atoms with Crippen LogP contribution in [0.3, 0.4) is 0 Å². The summed E-state index contributed by atoms with van der Waals surface area (Å²) in [6.07, 6.45) is 18.8. The van der Waals surface area contributed by atoms with Gasteiger partial charge in [0.15, 0.2) is 0 Å². The predicted octanol–water partition coefficient (Wildman–Crippen LogP) is 10.8. The number of benzene rings is 3. The van der Waals surface area contributed by atoms with Gasteiger partial charge in [-0.15, -0.1) is 29.8 Å². The Kier molecular flexibility index (Phi) is 13.7. The Morgan fingerprint density at radius 2 is 0.905 bits per heavy atom. The van der Waals surface area contributed by atoms with Crippen molar-refractivity contribution in [2.45, 2.75) is 38.0 Å². The molecule has 1 saturated carbocycles. The maximum atomic E-state index is 5.60. The number of rotatable bonds is 4. The molecule has 42 heavy (non-hydrogen) atoms. The van der Waals surface area contributed by atoms with Gasteiger partial charge >= 0.3 is 21.7 Å². The third kappa shape index (κ3) is 9.12. The fraction of sp³-hybridized carbons (Fsp3) is 0.256. The van der Waals surface area contributed by atoms with Gasteiger partial charge in [0.1, 0.15) is 0 Å². The summed E-state index contributed by atoms with van der Waals surface area (Å²) in [5, 5.41) is 0. The number of fused-ring (bicyclic) bond motifs is 3. The van der Waals surface area contributed by atoms with Crippen LogP contribution in [0.25, 0.3) is 4.98 Å². The normalized spacial score (nSPS) is 23.0. The van der Waals surface area contributed by atoms with E-state index in [-0.39, 0.29) is 34.7 Å². The first kappa shape index (κ1) is 35.4. The van der Waals surface area contributed by atoms with Crippen molar-refractivity contribution in [1.29, 1.82) is 0 Å². The zero-order valence-electron chi connectivity index (χ0n) is 26.0. The molecule has 0 N–H and O–H groups in total. The molecule has 1 fully saturated rings. The summed E-state index contributed by atoms with van der Waals surface area (Å²) in [5.41, 5.74) is 3.99. The summed E-state index contributed by atoms with van der Waals surface area (Å²) in [4.78, 5) is 5.60. The van der Waals surface area contributed by atoms with Crippen LogP contribution in [-0.4, -0.2) is 8.24 Å². The smallest absolute Gasteiger partial charge is 0.656 e. The SMILES string of the molecule is CC(C)([N-][Si](C)(C)C1C2C=CC=CC2C2C=CC=CC21)c1ccccc1.[CH2-]c1ccccc1.[CH2-]c1ccccc1.[CH3-].[Ti+4]. The van der Waals surface area contributed by atoms with Crippen LogP contribution in [0.15, 0.2) is 140 Å². The van der Waals surface area contributed by atoms with E-state index in [0.29, 0.717) is 29.2 Å². The van der Waals surface area contributed by atoms with Gasteiger partial charge in [-0.3, -0.25) is 0 Å². The Labute approximate surface area is 272 Å². The minimum atomic E-state index is -1.85. The van der Waals surface area contributed by atoms with Gasteiger partial charge in [-0.25, -0.2) is 0 Å². The van der Waals surface area contributed by atoms with E-state index in [9.17, 15) is 0 Å². The molecule has 3 aromatic carbocycles. The summed E-state index contributed by atoms with van der Waals surface area (Å²) >= 11 is 0. The molecule has 0 saturated heterocycles. The van der Waals surface area contributed by atoms with Gasteiger partial charge < -0.3 is 12.4 Å². The molecule has 216 valence electrons. The van der Waals surface area contributed by atoms with Crippen LogP contribution in [0, 0.1) is 44.9 Å². The standard InChI is InChI=1S/C24H30NSi.2C7H7.CH3.Ti/c1-24(2,18-12-6-5-7-13-18)25-26(3,4)23-21-16-10-8-14-19(21)20-15-9-11-17-22(20)23;2*1-7-5-3-2-4-6-7;;/h5-17,19-23H,1-4H3;2*2-6H,1H2;1H3;/q4*-1;+4. The van der Waals surface area contributed by atoms with Crippen molar-refractivity contribution < 1.29 is 21.7 Å². The van der Waals surface area contributed by atoms with Crippen molar-refractivity contribution >= 4 is 8.24 Å². The molecule has 4 atom stereocenters. The van der Waals surface area contributed by atoms with Crippen LogP contribution >= 0.6 is 0 Å². The summed E-state index contributed by atoms with van der Waals surface area (Å²) in [7, 11) is -1.85. The van der Waals surface area contributed by atoms with E-state index in [1.807, 2.05) is 60.7 Å². The minimum absolute atomic E-state index is 0. The molecule has 0 amide bonds. The first-order valence-corrected chi connectivity index (χ1v) is 17.4. The van der Waals surface area contributed by atoms with Gasteiger partial charge in [-0.2, -0.15) is 49.2 Å².